The third kappa shape index (κ3) is 6.89. The molecule has 2 fully saturated rings. The van der Waals surface area contributed by atoms with Crippen LogP contribution in [0.1, 0.15) is 43.7 Å². The molecule has 1 aliphatic carbocycles. The number of guanidine groups is 1. The van der Waals surface area contributed by atoms with E-state index in [4.69, 9.17) is 19.2 Å². The minimum Gasteiger partial charge on any atom is -0.493 e. The van der Waals surface area contributed by atoms with E-state index in [1.165, 1.54) is 18.4 Å². The minimum atomic E-state index is 0.383. The van der Waals surface area contributed by atoms with Gasteiger partial charge in [-0.3, -0.25) is 0 Å². The SMILES string of the molecule is CCNC(=NCc1ccc(C)cc1OCC1CCOC1)NCC1(CCOC)CC1. The fourth-order valence-electron chi connectivity index (χ4n) is 3.64. The van der Waals surface area contributed by atoms with E-state index in [0.717, 1.165) is 63.0 Å². The Labute approximate surface area is 175 Å². The van der Waals surface area contributed by atoms with Crippen LogP contribution in [0.25, 0.3) is 0 Å². The van der Waals surface area contributed by atoms with Crippen molar-refractivity contribution in [3.8, 4) is 5.75 Å². The van der Waals surface area contributed by atoms with Gasteiger partial charge in [-0.2, -0.15) is 0 Å². The fourth-order valence-corrected chi connectivity index (χ4v) is 3.64. The summed E-state index contributed by atoms with van der Waals surface area (Å²) in [5.74, 6) is 2.30. The molecule has 0 amide bonds. The van der Waals surface area contributed by atoms with Gasteiger partial charge in [0.05, 0.1) is 19.8 Å². The van der Waals surface area contributed by atoms with Crippen LogP contribution in [-0.4, -0.2) is 52.6 Å². The molecule has 1 heterocycles. The first-order valence-corrected chi connectivity index (χ1v) is 11.0. The Morgan fingerprint density at radius 3 is 2.86 bits per heavy atom. The molecular weight excluding hydrogens is 366 g/mol. The van der Waals surface area contributed by atoms with Crippen molar-refractivity contribution in [2.45, 2.75) is 46.1 Å². The summed E-state index contributed by atoms with van der Waals surface area (Å²) in [7, 11) is 1.77. The van der Waals surface area contributed by atoms with Crippen LogP contribution in [0.15, 0.2) is 23.2 Å². The van der Waals surface area contributed by atoms with Crippen LogP contribution in [0.2, 0.25) is 0 Å². The maximum absolute atomic E-state index is 6.16. The Bertz CT molecular complexity index is 667. The van der Waals surface area contributed by atoms with Crippen LogP contribution in [0, 0.1) is 18.3 Å². The molecule has 1 atom stereocenters. The largest absolute Gasteiger partial charge is 0.493 e. The number of nitrogens with zero attached hydrogens (tertiary/aromatic N) is 1. The Balaban J connectivity index is 1.59. The standard InChI is InChI=1S/C23H37N3O3/c1-4-24-22(26-17-23(8-9-23)10-12-27-3)25-14-20-6-5-18(2)13-21(20)29-16-19-7-11-28-15-19/h5-6,13,19H,4,7-12,14-17H2,1-3H3,(H2,24,25,26). The summed E-state index contributed by atoms with van der Waals surface area (Å²) in [6.45, 7) is 9.76. The molecule has 1 aromatic carbocycles. The Kier molecular flexibility index (Phi) is 8.19. The lowest BCUT2D eigenvalue weighted by molar-refractivity contribution is 0.166. The predicted octanol–water partition coefficient (Wildman–Crippen LogP) is 3.28. The maximum Gasteiger partial charge on any atom is 0.191 e. The lowest BCUT2D eigenvalue weighted by Crippen LogP contribution is -2.40. The number of hydrogen-bond acceptors (Lipinski definition) is 4. The molecule has 162 valence electrons. The molecular formula is C23H37N3O3. The molecule has 2 N–H and O–H groups in total. The molecule has 6 heteroatoms. The molecule has 1 saturated carbocycles. The average molecular weight is 404 g/mol. The second kappa shape index (κ2) is 10.8. The predicted molar refractivity (Wildman–Crippen MR) is 117 cm³/mol. The van der Waals surface area contributed by atoms with Gasteiger partial charge in [0.25, 0.3) is 0 Å². The second-order valence-corrected chi connectivity index (χ2v) is 8.44. The highest BCUT2D eigenvalue weighted by molar-refractivity contribution is 5.79. The van der Waals surface area contributed by atoms with Gasteiger partial charge in [0, 0.05) is 44.9 Å². The van der Waals surface area contributed by atoms with Gasteiger partial charge in [-0.05, 0) is 56.6 Å². The molecule has 1 aromatic rings. The highest BCUT2D eigenvalue weighted by atomic mass is 16.5. The second-order valence-electron chi connectivity index (χ2n) is 8.44. The smallest absolute Gasteiger partial charge is 0.191 e. The van der Waals surface area contributed by atoms with Crippen molar-refractivity contribution < 1.29 is 14.2 Å². The molecule has 3 rings (SSSR count). The fraction of sp³-hybridized carbons (Fsp3) is 0.696. The van der Waals surface area contributed by atoms with Crippen molar-refractivity contribution in [1.82, 2.24) is 10.6 Å². The number of rotatable bonds is 11. The van der Waals surface area contributed by atoms with Crippen LogP contribution >= 0.6 is 0 Å². The molecule has 2 aliphatic rings. The van der Waals surface area contributed by atoms with Gasteiger partial charge in [0.1, 0.15) is 5.75 Å². The number of benzene rings is 1. The molecule has 0 bridgehead atoms. The summed E-state index contributed by atoms with van der Waals surface area (Å²) in [6.07, 6.45) is 4.72. The zero-order valence-corrected chi connectivity index (χ0v) is 18.3. The first-order chi connectivity index (χ1) is 14.1. The maximum atomic E-state index is 6.16. The lowest BCUT2D eigenvalue weighted by Gasteiger charge is -2.18. The summed E-state index contributed by atoms with van der Waals surface area (Å²) >= 11 is 0. The number of aryl methyl sites for hydroxylation is 1. The molecule has 6 nitrogen and oxygen atoms in total. The normalized spacial score (nSPS) is 20.5. The topological polar surface area (TPSA) is 64.1 Å². The Morgan fingerprint density at radius 1 is 1.31 bits per heavy atom. The van der Waals surface area contributed by atoms with Crippen LogP contribution in [0.5, 0.6) is 5.75 Å². The van der Waals surface area contributed by atoms with Crippen LogP contribution < -0.4 is 15.4 Å². The van der Waals surface area contributed by atoms with E-state index in [1.54, 1.807) is 7.11 Å². The van der Waals surface area contributed by atoms with E-state index in [9.17, 15) is 0 Å². The third-order valence-electron chi connectivity index (χ3n) is 5.90. The lowest BCUT2D eigenvalue weighted by atomic mass is 10.0. The van der Waals surface area contributed by atoms with E-state index in [2.05, 4.69) is 42.7 Å². The van der Waals surface area contributed by atoms with Gasteiger partial charge in [-0.15, -0.1) is 0 Å². The number of nitrogens with one attached hydrogen (secondary N) is 2. The van der Waals surface area contributed by atoms with E-state index in [0.29, 0.717) is 24.5 Å². The summed E-state index contributed by atoms with van der Waals surface area (Å²) in [4.78, 5) is 4.82. The van der Waals surface area contributed by atoms with Crippen molar-refractivity contribution >= 4 is 5.96 Å². The summed E-state index contributed by atoms with van der Waals surface area (Å²) in [5.41, 5.74) is 2.70. The van der Waals surface area contributed by atoms with Crippen molar-refractivity contribution in [1.29, 1.82) is 0 Å². The van der Waals surface area contributed by atoms with E-state index >= 15 is 0 Å². The van der Waals surface area contributed by atoms with Gasteiger partial charge < -0.3 is 24.8 Å². The first kappa shape index (κ1) is 21.9. The molecule has 0 radical (unpaired) electrons. The van der Waals surface area contributed by atoms with Crippen molar-refractivity contribution in [2.75, 3.05) is 46.6 Å². The zero-order valence-electron chi connectivity index (χ0n) is 18.3. The summed E-state index contributed by atoms with van der Waals surface area (Å²) < 4.78 is 16.9. The highest BCUT2D eigenvalue weighted by Gasteiger charge is 2.41. The molecule has 0 aromatic heterocycles. The molecule has 0 spiro atoms. The van der Waals surface area contributed by atoms with Gasteiger partial charge in [-0.1, -0.05) is 12.1 Å². The van der Waals surface area contributed by atoms with Crippen molar-refractivity contribution in [3.63, 3.8) is 0 Å². The number of ether oxygens (including phenoxy) is 3. The molecule has 29 heavy (non-hydrogen) atoms. The molecule has 1 unspecified atom stereocenters. The quantitative estimate of drug-likeness (QED) is 0.439. The monoisotopic (exact) mass is 403 g/mol. The summed E-state index contributed by atoms with van der Waals surface area (Å²) in [6, 6.07) is 6.37. The van der Waals surface area contributed by atoms with E-state index < -0.39 is 0 Å². The van der Waals surface area contributed by atoms with Gasteiger partial charge >= 0.3 is 0 Å². The number of methoxy groups -OCH3 is 1. The van der Waals surface area contributed by atoms with Crippen molar-refractivity contribution in [2.24, 2.45) is 16.3 Å². The van der Waals surface area contributed by atoms with E-state index in [-0.39, 0.29) is 0 Å². The minimum absolute atomic E-state index is 0.383. The number of aliphatic imine (C=N–C) groups is 1. The highest BCUT2D eigenvalue weighted by Crippen LogP contribution is 2.48. The van der Waals surface area contributed by atoms with Crippen LogP contribution in [0.4, 0.5) is 0 Å². The average Bonchev–Trinajstić information content (AvgIpc) is 3.30. The van der Waals surface area contributed by atoms with Crippen LogP contribution in [-0.2, 0) is 16.0 Å². The van der Waals surface area contributed by atoms with E-state index in [1.807, 2.05) is 0 Å². The van der Waals surface area contributed by atoms with Gasteiger partial charge in [-0.25, -0.2) is 4.99 Å². The van der Waals surface area contributed by atoms with Crippen LogP contribution in [0.3, 0.4) is 0 Å². The zero-order chi connectivity index (χ0) is 20.5. The number of hydrogen-bond donors (Lipinski definition) is 2. The Morgan fingerprint density at radius 2 is 2.17 bits per heavy atom. The Hall–Kier alpha value is -1.79. The molecule has 1 aliphatic heterocycles. The molecule has 1 saturated heterocycles. The van der Waals surface area contributed by atoms with Gasteiger partial charge in [0.2, 0.25) is 0 Å². The summed E-state index contributed by atoms with van der Waals surface area (Å²) in [5, 5.41) is 6.90. The third-order valence-corrected chi connectivity index (χ3v) is 5.90. The first-order valence-electron chi connectivity index (χ1n) is 11.0. The van der Waals surface area contributed by atoms with Crippen molar-refractivity contribution in [3.05, 3.63) is 29.3 Å². The van der Waals surface area contributed by atoms with Gasteiger partial charge in [0.15, 0.2) is 5.96 Å².